The predicted molar refractivity (Wildman–Crippen MR) is 95.8 cm³/mol. The maximum absolute atomic E-state index is 12.7. The maximum atomic E-state index is 12.7. The molecular formula is C16H23N5O3S. The van der Waals surface area contributed by atoms with Crippen molar-refractivity contribution in [1.82, 2.24) is 20.2 Å². The molecule has 25 heavy (non-hydrogen) atoms. The predicted octanol–water partition coefficient (Wildman–Crippen LogP) is 0.144. The van der Waals surface area contributed by atoms with E-state index in [9.17, 15) is 9.59 Å². The van der Waals surface area contributed by atoms with Gasteiger partial charge in [0.1, 0.15) is 6.04 Å². The molecule has 0 bridgehead atoms. The van der Waals surface area contributed by atoms with Gasteiger partial charge in [-0.1, -0.05) is 0 Å². The monoisotopic (exact) mass is 365 g/mol. The van der Waals surface area contributed by atoms with Crippen molar-refractivity contribution < 1.29 is 14.3 Å². The van der Waals surface area contributed by atoms with E-state index in [-0.39, 0.29) is 11.8 Å². The molecule has 1 atom stereocenters. The van der Waals surface area contributed by atoms with Gasteiger partial charge in [0.25, 0.3) is 0 Å². The zero-order valence-corrected chi connectivity index (χ0v) is 15.5. The molecule has 3 heterocycles. The molecule has 0 aliphatic carbocycles. The van der Waals surface area contributed by atoms with Crippen LogP contribution in [-0.4, -0.2) is 76.5 Å². The molecule has 1 aromatic rings. The normalized spacial score (nSPS) is 23.2. The number of carbonyl (C=O) groups excluding carboxylic acids is 2. The van der Waals surface area contributed by atoms with Gasteiger partial charge in [-0.2, -0.15) is 4.98 Å². The Hall–Kier alpha value is -2.03. The van der Waals surface area contributed by atoms with Crippen LogP contribution >= 0.6 is 11.8 Å². The molecule has 0 saturated carbocycles. The van der Waals surface area contributed by atoms with Gasteiger partial charge >= 0.3 is 0 Å². The summed E-state index contributed by atoms with van der Waals surface area (Å²) in [6.45, 7) is 6.22. The molecule has 2 amide bonds. The van der Waals surface area contributed by atoms with Crippen LogP contribution in [0.1, 0.15) is 13.8 Å². The van der Waals surface area contributed by atoms with Crippen LogP contribution in [0.4, 0.5) is 5.95 Å². The van der Waals surface area contributed by atoms with Crippen molar-refractivity contribution in [2.24, 2.45) is 0 Å². The van der Waals surface area contributed by atoms with Crippen LogP contribution in [0.15, 0.2) is 12.3 Å². The van der Waals surface area contributed by atoms with Gasteiger partial charge in [0.05, 0.1) is 11.9 Å². The number of thioether (sulfide) groups is 1. The SMILES string of the molecule is COc1ccnc(N2CCN(C(=O)[C@@H]3CSC(C)(C)C(=O)N3)CC2)n1. The van der Waals surface area contributed by atoms with Crippen molar-refractivity contribution in [1.29, 1.82) is 0 Å². The van der Waals surface area contributed by atoms with Crippen molar-refractivity contribution in [3.8, 4) is 5.88 Å². The number of carbonyl (C=O) groups is 2. The van der Waals surface area contributed by atoms with Crippen LogP contribution in [-0.2, 0) is 9.59 Å². The highest BCUT2D eigenvalue weighted by Gasteiger charge is 2.39. The molecule has 2 aliphatic rings. The molecule has 2 aliphatic heterocycles. The quantitative estimate of drug-likeness (QED) is 0.815. The van der Waals surface area contributed by atoms with Crippen molar-refractivity contribution in [2.75, 3.05) is 43.9 Å². The molecule has 0 spiro atoms. The number of piperazine rings is 1. The number of rotatable bonds is 3. The summed E-state index contributed by atoms with van der Waals surface area (Å²) in [7, 11) is 1.57. The van der Waals surface area contributed by atoms with E-state index in [2.05, 4.69) is 15.3 Å². The fourth-order valence-electron chi connectivity index (χ4n) is 2.81. The van der Waals surface area contributed by atoms with Gasteiger partial charge in [-0.15, -0.1) is 11.8 Å². The third-order valence-corrected chi connectivity index (χ3v) is 5.87. The van der Waals surface area contributed by atoms with Crippen LogP contribution in [0.5, 0.6) is 5.88 Å². The number of nitrogens with one attached hydrogen (secondary N) is 1. The number of hydrogen-bond acceptors (Lipinski definition) is 7. The highest BCUT2D eigenvalue weighted by Crippen LogP contribution is 2.29. The second-order valence-electron chi connectivity index (χ2n) is 6.56. The molecule has 0 aromatic carbocycles. The number of ether oxygens (including phenoxy) is 1. The average molecular weight is 365 g/mol. The minimum absolute atomic E-state index is 0.0115. The van der Waals surface area contributed by atoms with Gasteiger partial charge in [0, 0.05) is 44.2 Å². The van der Waals surface area contributed by atoms with E-state index in [1.807, 2.05) is 18.7 Å². The fourth-order valence-corrected chi connectivity index (χ4v) is 3.81. The highest BCUT2D eigenvalue weighted by atomic mass is 32.2. The number of anilines is 1. The Morgan fingerprint density at radius 2 is 2.08 bits per heavy atom. The number of amides is 2. The largest absolute Gasteiger partial charge is 0.481 e. The van der Waals surface area contributed by atoms with E-state index in [0.717, 1.165) is 0 Å². The molecule has 136 valence electrons. The minimum Gasteiger partial charge on any atom is -0.481 e. The number of methoxy groups -OCH3 is 1. The van der Waals surface area contributed by atoms with E-state index >= 15 is 0 Å². The third kappa shape index (κ3) is 3.81. The highest BCUT2D eigenvalue weighted by molar-refractivity contribution is 8.01. The van der Waals surface area contributed by atoms with Crippen LogP contribution < -0.4 is 15.0 Å². The van der Waals surface area contributed by atoms with Gasteiger partial charge in [-0.3, -0.25) is 9.59 Å². The summed E-state index contributed by atoms with van der Waals surface area (Å²) in [5.74, 6) is 1.65. The molecule has 2 saturated heterocycles. The van der Waals surface area contributed by atoms with Gasteiger partial charge in [-0.05, 0) is 13.8 Å². The second kappa shape index (κ2) is 7.07. The molecule has 2 fully saturated rings. The Balaban J connectivity index is 1.57. The van der Waals surface area contributed by atoms with Gasteiger partial charge < -0.3 is 19.9 Å². The van der Waals surface area contributed by atoms with Crippen molar-refractivity contribution in [3.05, 3.63) is 12.3 Å². The molecule has 3 rings (SSSR count). The lowest BCUT2D eigenvalue weighted by molar-refractivity contribution is -0.136. The Kier molecular flexibility index (Phi) is 5.03. The topological polar surface area (TPSA) is 87.7 Å². The molecular weight excluding hydrogens is 342 g/mol. The summed E-state index contributed by atoms with van der Waals surface area (Å²) in [4.78, 5) is 37.2. The standard InChI is InChI=1S/C16H23N5O3S/c1-16(2)14(23)18-11(10-25-16)13(22)20-6-8-21(9-7-20)15-17-5-4-12(19-15)24-3/h4-5,11H,6-10H2,1-3H3,(H,18,23)/t11-/m0/s1. The first-order valence-electron chi connectivity index (χ1n) is 8.26. The number of hydrogen-bond donors (Lipinski definition) is 1. The summed E-state index contributed by atoms with van der Waals surface area (Å²) >= 11 is 1.53. The van der Waals surface area contributed by atoms with Crippen molar-refractivity contribution in [2.45, 2.75) is 24.6 Å². The first kappa shape index (κ1) is 17.8. The Labute approximate surface area is 151 Å². The Morgan fingerprint density at radius 3 is 2.72 bits per heavy atom. The second-order valence-corrected chi connectivity index (χ2v) is 8.20. The Morgan fingerprint density at radius 1 is 1.36 bits per heavy atom. The molecule has 9 heteroatoms. The summed E-state index contributed by atoms with van der Waals surface area (Å²) in [6.07, 6.45) is 1.66. The fraction of sp³-hybridized carbons (Fsp3) is 0.625. The van der Waals surface area contributed by atoms with Gasteiger partial charge in [-0.25, -0.2) is 4.98 Å². The van der Waals surface area contributed by atoms with E-state index < -0.39 is 10.8 Å². The molecule has 1 aromatic heterocycles. The molecule has 0 unspecified atom stereocenters. The first-order chi connectivity index (χ1) is 11.9. The average Bonchev–Trinajstić information content (AvgIpc) is 2.63. The zero-order chi connectivity index (χ0) is 18.0. The van der Waals surface area contributed by atoms with Gasteiger partial charge in [0.2, 0.25) is 23.6 Å². The lowest BCUT2D eigenvalue weighted by Gasteiger charge is -2.39. The summed E-state index contributed by atoms with van der Waals surface area (Å²) in [5.41, 5.74) is 0. The van der Waals surface area contributed by atoms with Crippen LogP contribution in [0, 0.1) is 0 Å². The third-order valence-electron chi connectivity index (χ3n) is 4.46. The zero-order valence-electron chi connectivity index (χ0n) is 14.7. The van der Waals surface area contributed by atoms with E-state index in [1.54, 1.807) is 24.3 Å². The van der Waals surface area contributed by atoms with E-state index in [1.165, 1.54) is 11.8 Å². The molecule has 0 radical (unpaired) electrons. The summed E-state index contributed by atoms with van der Waals surface area (Å²) in [6, 6.07) is 1.26. The van der Waals surface area contributed by atoms with Crippen molar-refractivity contribution in [3.63, 3.8) is 0 Å². The summed E-state index contributed by atoms with van der Waals surface area (Å²) in [5, 5.41) is 2.86. The number of aromatic nitrogens is 2. The lowest BCUT2D eigenvalue weighted by Crippen LogP contribution is -2.60. The molecule has 1 N–H and O–H groups in total. The van der Waals surface area contributed by atoms with Crippen LogP contribution in [0.2, 0.25) is 0 Å². The maximum Gasteiger partial charge on any atom is 0.246 e. The van der Waals surface area contributed by atoms with Crippen LogP contribution in [0.3, 0.4) is 0 Å². The van der Waals surface area contributed by atoms with Gasteiger partial charge in [0.15, 0.2) is 0 Å². The first-order valence-corrected chi connectivity index (χ1v) is 9.25. The van der Waals surface area contributed by atoms with Crippen molar-refractivity contribution >= 4 is 29.5 Å². The smallest absolute Gasteiger partial charge is 0.246 e. The van der Waals surface area contributed by atoms with Crippen LogP contribution in [0.25, 0.3) is 0 Å². The summed E-state index contributed by atoms with van der Waals surface area (Å²) < 4.78 is 4.65. The Bertz CT molecular complexity index is 661. The molecule has 8 nitrogen and oxygen atoms in total. The van der Waals surface area contributed by atoms with E-state index in [0.29, 0.717) is 43.8 Å². The number of nitrogens with zero attached hydrogens (tertiary/aromatic N) is 4. The lowest BCUT2D eigenvalue weighted by atomic mass is 10.1. The minimum atomic E-state index is -0.473. The van der Waals surface area contributed by atoms with E-state index in [4.69, 9.17) is 4.74 Å².